The number of rotatable bonds is 2. The summed E-state index contributed by atoms with van der Waals surface area (Å²) in [6.07, 6.45) is 5.65. The number of hydrogen-bond donors (Lipinski definition) is 0. The average molecular weight is 472 g/mol. The SMILES string of the molecule is CC1CC=Cc2c1c(-c1ccc3ccccc3c1)c1cc(C#N)ccc1c2-c1ccc2ccccc2c1. The summed E-state index contributed by atoms with van der Waals surface area (Å²) in [6, 6.07) is 39.2. The molecule has 1 nitrogen and oxygen atoms in total. The monoisotopic (exact) mass is 471 g/mol. The van der Waals surface area contributed by atoms with Gasteiger partial charge in [0.05, 0.1) is 11.6 Å². The Hall–Kier alpha value is -4.67. The predicted molar refractivity (Wildman–Crippen MR) is 157 cm³/mol. The van der Waals surface area contributed by atoms with Gasteiger partial charge in [0.25, 0.3) is 0 Å². The van der Waals surface area contributed by atoms with Crippen LogP contribution in [0.15, 0.2) is 109 Å². The van der Waals surface area contributed by atoms with Crippen LogP contribution in [0.4, 0.5) is 0 Å². The average Bonchev–Trinajstić information content (AvgIpc) is 2.95. The first-order valence-electron chi connectivity index (χ1n) is 12.9. The number of nitrogens with zero attached hydrogens (tertiary/aromatic N) is 1. The number of allylic oxidation sites excluding steroid dienone is 1. The normalized spacial score (nSPS) is 14.6. The Morgan fingerprint density at radius 2 is 1.27 bits per heavy atom. The fraction of sp³-hybridized carbons (Fsp3) is 0.0833. The van der Waals surface area contributed by atoms with Gasteiger partial charge in [-0.05, 0) is 102 Å². The third-order valence-electron chi connectivity index (χ3n) is 7.86. The molecule has 6 aromatic rings. The lowest BCUT2D eigenvalue weighted by Crippen LogP contribution is -2.06. The molecular weight excluding hydrogens is 446 g/mol. The first-order chi connectivity index (χ1) is 18.2. The van der Waals surface area contributed by atoms with Gasteiger partial charge in [0.2, 0.25) is 0 Å². The Kier molecular flexibility index (Phi) is 4.95. The largest absolute Gasteiger partial charge is 0.192 e. The summed E-state index contributed by atoms with van der Waals surface area (Å²) in [5.41, 5.74) is 8.31. The zero-order valence-electron chi connectivity index (χ0n) is 20.7. The van der Waals surface area contributed by atoms with Gasteiger partial charge in [-0.1, -0.05) is 97.9 Å². The van der Waals surface area contributed by atoms with E-state index in [4.69, 9.17) is 0 Å². The molecule has 37 heavy (non-hydrogen) atoms. The van der Waals surface area contributed by atoms with Crippen molar-refractivity contribution in [2.75, 3.05) is 0 Å². The van der Waals surface area contributed by atoms with Gasteiger partial charge < -0.3 is 0 Å². The van der Waals surface area contributed by atoms with Crippen LogP contribution in [0.3, 0.4) is 0 Å². The van der Waals surface area contributed by atoms with Gasteiger partial charge in [0.15, 0.2) is 0 Å². The van der Waals surface area contributed by atoms with Crippen LogP contribution in [0.1, 0.15) is 36.0 Å². The molecule has 1 aliphatic rings. The zero-order valence-corrected chi connectivity index (χ0v) is 20.7. The lowest BCUT2D eigenvalue weighted by molar-refractivity contribution is 0.775. The van der Waals surface area contributed by atoms with Crippen molar-refractivity contribution < 1.29 is 0 Å². The molecule has 0 saturated carbocycles. The van der Waals surface area contributed by atoms with E-state index < -0.39 is 0 Å². The fourth-order valence-corrected chi connectivity index (χ4v) is 6.10. The van der Waals surface area contributed by atoms with Crippen molar-refractivity contribution in [3.63, 3.8) is 0 Å². The second-order valence-electron chi connectivity index (χ2n) is 10.1. The number of hydrogen-bond acceptors (Lipinski definition) is 1. The second-order valence-corrected chi connectivity index (χ2v) is 10.1. The predicted octanol–water partition coefficient (Wildman–Crippen LogP) is 9.87. The van der Waals surface area contributed by atoms with Gasteiger partial charge in [-0.25, -0.2) is 0 Å². The van der Waals surface area contributed by atoms with Gasteiger partial charge >= 0.3 is 0 Å². The highest BCUT2D eigenvalue weighted by Crippen LogP contribution is 2.48. The summed E-state index contributed by atoms with van der Waals surface area (Å²) < 4.78 is 0. The molecule has 0 heterocycles. The molecule has 1 aliphatic carbocycles. The Morgan fingerprint density at radius 3 is 1.92 bits per heavy atom. The van der Waals surface area contributed by atoms with Gasteiger partial charge in [0.1, 0.15) is 0 Å². The topological polar surface area (TPSA) is 23.8 Å². The minimum absolute atomic E-state index is 0.371. The number of fused-ring (bicyclic) bond motifs is 4. The molecular formula is C36H25N. The van der Waals surface area contributed by atoms with Crippen molar-refractivity contribution in [3.8, 4) is 28.3 Å². The quantitative estimate of drug-likeness (QED) is 0.246. The minimum atomic E-state index is 0.371. The van der Waals surface area contributed by atoms with E-state index in [0.717, 1.165) is 11.8 Å². The molecule has 1 unspecified atom stereocenters. The molecule has 0 amide bonds. The van der Waals surface area contributed by atoms with E-state index in [1.165, 1.54) is 60.3 Å². The summed E-state index contributed by atoms with van der Waals surface area (Å²) in [7, 11) is 0. The second kappa shape index (κ2) is 8.47. The van der Waals surface area contributed by atoms with E-state index in [0.29, 0.717) is 11.5 Å². The van der Waals surface area contributed by atoms with Crippen LogP contribution < -0.4 is 0 Å². The van der Waals surface area contributed by atoms with E-state index in [2.05, 4.69) is 122 Å². The van der Waals surface area contributed by atoms with E-state index in [9.17, 15) is 5.26 Å². The van der Waals surface area contributed by atoms with Gasteiger partial charge in [-0.2, -0.15) is 5.26 Å². The highest BCUT2D eigenvalue weighted by atomic mass is 14.3. The molecule has 174 valence electrons. The molecule has 0 aromatic heterocycles. The van der Waals surface area contributed by atoms with E-state index >= 15 is 0 Å². The van der Waals surface area contributed by atoms with Crippen LogP contribution in [-0.2, 0) is 0 Å². The van der Waals surface area contributed by atoms with Crippen molar-refractivity contribution in [2.24, 2.45) is 0 Å². The molecule has 0 N–H and O–H groups in total. The lowest BCUT2D eigenvalue weighted by Gasteiger charge is -2.28. The van der Waals surface area contributed by atoms with Crippen LogP contribution in [0.25, 0.3) is 60.6 Å². The Morgan fingerprint density at radius 1 is 0.649 bits per heavy atom. The molecule has 0 bridgehead atoms. The number of benzene rings is 6. The van der Waals surface area contributed by atoms with Crippen LogP contribution in [0.2, 0.25) is 0 Å². The zero-order chi connectivity index (χ0) is 24.9. The first-order valence-corrected chi connectivity index (χ1v) is 12.9. The maximum absolute atomic E-state index is 9.83. The van der Waals surface area contributed by atoms with Gasteiger partial charge in [-0.15, -0.1) is 0 Å². The highest BCUT2D eigenvalue weighted by Gasteiger charge is 2.25. The first kappa shape index (κ1) is 21.6. The van der Waals surface area contributed by atoms with Gasteiger partial charge in [0, 0.05) is 0 Å². The standard InChI is InChI=1S/C36H25N/c1-23-7-6-12-32-34(23)36(30-17-15-26-9-3-5-11-28(26)21-30)33-19-24(22-37)13-18-31(33)35(32)29-16-14-25-8-2-4-10-27(25)20-29/h2-6,8-21,23H,7H2,1H3. The van der Waals surface area contributed by atoms with E-state index in [1.54, 1.807) is 0 Å². The lowest BCUT2D eigenvalue weighted by atomic mass is 9.76. The molecule has 1 atom stereocenters. The Balaban J connectivity index is 1.63. The van der Waals surface area contributed by atoms with Crippen molar-refractivity contribution >= 4 is 38.4 Å². The summed E-state index contributed by atoms with van der Waals surface area (Å²) >= 11 is 0. The number of nitriles is 1. The molecule has 1 heteroatoms. The van der Waals surface area contributed by atoms with Crippen molar-refractivity contribution in [1.82, 2.24) is 0 Å². The summed E-state index contributed by atoms with van der Waals surface area (Å²) in [5.74, 6) is 0.371. The van der Waals surface area contributed by atoms with Crippen LogP contribution in [-0.4, -0.2) is 0 Å². The molecule has 6 aromatic carbocycles. The van der Waals surface area contributed by atoms with Gasteiger partial charge in [-0.3, -0.25) is 0 Å². The van der Waals surface area contributed by atoms with Crippen molar-refractivity contribution in [3.05, 3.63) is 126 Å². The van der Waals surface area contributed by atoms with Crippen molar-refractivity contribution in [1.29, 1.82) is 5.26 Å². The Labute approximate surface area is 216 Å². The van der Waals surface area contributed by atoms with Crippen LogP contribution in [0.5, 0.6) is 0 Å². The third kappa shape index (κ3) is 3.45. The summed E-state index contributed by atoms with van der Waals surface area (Å²) in [6.45, 7) is 2.33. The Bertz CT molecular complexity index is 1930. The summed E-state index contributed by atoms with van der Waals surface area (Å²) in [5, 5.41) is 17.1. The molecule has 0 fully saturated rings. The maximum atomic E-state index is 9.83. The molecule has 0 saturated heterocycles. The molecule has 7 rings (SSSR count). The van der Waals surface area contributed by atoms with Crippen molar-refractivity contribution in [2.45, 2.75) is 19.3 Å². The highest BCUT2D eigenvalue weighted by molar-refractivity contribution is 6.12. The molecule has 0 radical (unpaired) electrons. The fourth-order valence-electron chi connectivity index (χ4n) is 6.10. The third-order valence-corrected chi connectivity index (χ3v) is 7.86. The van der Waals surface area contributed by atoms with Crippen LogP contribution in [0, 0.1) is 11.3 Å². The summed E-state index contributed by atoms with van der Waals surface area (Å²) in [4.78, 5) is 0. The molecule has 0 spiro atoms. The van der Waals surface area contributed by atoms with Crippen LogP contribution >= 0.6 is 0 Å². The maximum Gasteiger partial charge on any atom is 0.0991 e. The smallest absolute Gasteiger partial charge is 0.0991 e. The van der Waals surface area contributed by atoms with E-state index in [1.807, 2.05) is 6.07 Å². The minimum Gasteiger partial charge on any atom is -0.192 e. The van der Waals surface area contributed by atoms with E-state index in [-0.39, 0.29) is 0 Å². The molecule has 0 aliphatic heterocycles.